The van der Waals surface area contributed by atoms with E-state index in [-0.39, 0.29) is 23.6 Å². The van der Waals surface area contributed by atoms with Crippen molar-refractivity contribution in [3.8, 4) is 0 Å². The standard InChI is InChI=1S/C14H20N4O3/c1-3-14(4-2,8-15)17-11-7-10-9(6-13(19)16-10)5-12(11)18(20)21/h5,7,17H,3-4,6,8,15H2,1-2H3,(H,16,19). The van der Waals surface area contributed by atoms with Crippen LogP contribution in [-0.2, 0) is 11.2 Å². The largest absolute Gasteiger partial charge is 0.373 e. The molecule has 4 N–H and O–H groups in total. The number of nitro groups is 1. The molecular formula is C14H20N4O3. The van der Waals surface area contributed by atoms with Crippen molar-refractivity contribution >= 4 is 23.0 Å². The second-order valence-corrected chi connectivity index (χ2v) is 5.33. The van der Waals surface area contributed by atoms with Gasteiger partial charge >= 0.3 is 0 Å². The average Bonchev–Trinajstić information content (AvgIpc) is 2.83. The fourth-order valence-corrected chi connectivity index (χ4v) is 2.56. The van der Waals surface area contributed by atoms with Crippen molar-refractivity contribution in [3.05, 3.63) is 27.8 Å². The number of nitrogens with zero attached hydrogens (tertiary/aromatic N) is 1. The number of rotatable bonds is 6. The molecule has 0 unspecified atom stereocenters. The molecule has 1 amide bonds. The van der Waals surface area contributed by atoms with E-state index in [0.29, 0.717) is 23.5 Å². The molecule has 0 aliphatic carbocycles. The summed E-state index contributed by atoms with van der Waals surface area (Å²) in [6.45, 7) is 4.36. The Kier molecular flexibility index (Phi) is 4.13. The first-order valence-electron chi connectivity index (χ1n) is 7.04. The summed E-state index contributed by atoms with van der Waals surface area (Å²) in [4.78, 5) is 22.3. The highest BCUT2D eigenvalue weighted by atomic mass is 16.6. The zero-order chi connectivity index (χ0) is 15.6. The Labute approximate surface area is 123 Å². The lowest BCUT2D eigenvalue weighted by Crippen LogP contribution is -2.44. The van der Waals surface area contributed by atoms with Crippen LogP contribution in [0.15, 0.2) is 12.1 Å². The average molecular weight is 292 g/mol. The van der Waals surface area contributed by atoms with Gasteiger partial charge in [0.25, 0.3) is 5.69 Å². The molecule has 21 heavy (non-hydrogen) atoms. The van der Waals surface area contributed by atoms with Crippen LogP contribution >= 0.6 is 0 Å². The molecule has 1 aliphatic rings. The topological polar surface area (TPSA) is 110 Å². The predicted octanol–water partition coefficient (Wildman–Crippen LogP) is 2.02. The molecule has 0 radical (unpaired) electrons. The Morgan fingerprint density at radius 2 is 2.10 bits per heavy atom. The van der Waals surface area contributed by atoms with Gasteiger partial charge in [0.15, 0.2) is 0 Å². The van der Waals surface area contributed by atoms with Crippen molar-refractivity contribution in [1.29, 1.82) is 0 Å². The quantitative estimate of drug-likeness (QED) is 0.548. The maximum atomic E-state index is 11.4. The van der Waals surface area contributed by atoms with Crippen molar-refractivity contribution in [2.75, 3.05) is 17.2 Å². The first-order valence-corrected chi connectivity index (χ1v) is 7.04. The molecule has 0 aromatic heterocycles. The molecule has 0 spiro atoms. The third-order valence-electron chi connectivity index (χ3n) is 4.19. The summed E-state index contributed by atoms with van der Waals surface area (Å²) in [5.74, 6) is -0.146. The number of hydrogen-bond acceptors (Lipinski definition) is 5. The van der Waals surface area contributed by atoms with E-state index in [1.807, 2.05) is 13.8 Å². The molecule has 0 saturated carbocycles. The van der Waals surface area contributed by atoms with Crippen LogP contribution in [0.3, 0.4) is 0 Å². The summed E-state index contributed by atoms with van der Waals surface area (Å²) < 4.78 is 0. The second-order valence-electron chi connectivity index (χ2n) is 5.33. The highest BCUT2D eigenvalue weighted by Crippen LogP contribution is 2.36. The van der Waals surface area contributed by atoms with E-state index in [1.165, 1.54) is 6.07 Å². The van der Waals surface area contributed by atoms with Gasteiger partial charge in [-0.3, -0.25) is 14.9 Å². The number of nitrogens with two attached hydrogens (primary N) is 1. The third kappa shape index (κ3) is 2.82. The number of fused-ring (bicyclic) bond motifs is 1. The maximum absolute atomic E-state index is 11.4. The molecule has 1 aliphatic heterocycles. The first-order chi connectivity index (χ1) is 9.94. The van der Waals surface area contributed by atoms with Crippen molar-refractivity contribution in [2.45, 2.75) is 38.6 Å². The third-order valence-corrected chi connectivity index (χ3v) is 4.19. The van der Waals surface area contributed by atoms with Crippen molar-refractivity contribution in [1.82, 2.24) is 0 Å². The minimum Gasteiger partial charge on any atom is -0.373 e. The van der Waals surface area contributed by atoms with Gasteiger partial charge < -0.3 is 16.4 Å². The number of nitrogens with one attached hydrogen (secondary N) is 2. The summed E-state index contributed by atoms with van der Waals surface area (Å²) >= 11 is 0. The van der Waals surface area contributed by atoms with E-state index >= 15 is 0 Å². The molecule has 114 valence electrons. The number of carbonyl (C=O) groups excluding carboxylic acids is 1. The Morgan fingerprint density at radius 3 is 2.62 bits per heavy atom. The fraction of sp³-hybridized carbons (Fsp3) is 0.500. The minimum absolute atomic E-state index is 0.0232. The molecule has 7 nitrogen and oxygen atoms in total. The van der Waals surface area contributed by atoms with Gasteiger partial charge in [-0.2, -0.15) is 0 Å². The smallest absolute Gasteiger partial charge is 0.292 e. The summed E-state index contributed by atoms with van der Waals surface area (Å²) in [7, 11) is 0. The van der Waals surface area contributed by atoms with E-state index < -0.39 is 4.92 Å². The van der Waals surface area contributed by atoms with Crippen LogP contribution in [-0.4, -0.2) is 22.9 Å². The van der Waals surface area contributed by atoms with E-state index in [0.717, 1.165) is 12.8 Å². The highest BCUT2D eigenvalue weighted by molar-refractivity contribution is 6.00. The number of amides is 1. The van der Waals surface area contributed by atoms with Gasteiger partial charge in [0.1, 0.15) is 5.69 Å². The van der Waals surface area contributed by atoms with Crippen LogP contribution in [0.4, 0.5) is 17.1 Å². The van der Waals surface area contributed by atoms with Crippen molar-refractivity contribution in [3.63, 3.8) is 0 Å². The lowest BCUT2D eigenvalue weighted by atomic mass is 9.92. The maximum Gasteiger partial charge on any atom is 0.292 e. The molecule has 2 rings (SSSR count). The summed E-state index contributed by atoms with van der Waals surface area (Å²) in [6.07, 6.45) is 1.68. The molecule has 0 bridgehead atoms. The van der Waals surface area contributed by atoms with Crippen LogP contribution < -0.4 is 16.4 Å². The Hall–Kier alpha value is -2.15. The zero-order valence-corrected chi connectivity index (χ0v) is 12.2. The predicted molar refractivity (Wildman–Crippen MR) is 81.4 cm³/mol. The molecule has 1 heterocycles. The number of benzene rings is 1. The lowest BCUT2D eigenvalue weighted by molar-refractivity contribution is -0.384. The molecule has 7 heteroatoms. The fourth-order valence-electron chi connectivity index (χ4n) is 2.56. The van der Waals surface area contributed by atoms with Crippen LogP contribution in [0.5, 0.6) is 0 Å². The number of hydrogen-bond donors (Lipinski definition) is 3. The summed E-state index contributed by atoms with van der Waals surface area (Å²) in [5, 5.41) is 17.2. The van der Waals surface area contributed by atoms with E-state index in [2.05, 4.69) is 10.6 Å². The molecule has 0 fully saturated rings. The minimum atomic E-state index is -0.433. The van der Waals surface area contributed by atoms with E-state index in [9.17, 15) is 14.9 Å². The van der Waals surface area contributed by atoms with Gasteiger partial charge in [0.2, 0.25) is 5.91 Å². The summed E-state index contributed by atoms with van der Waals surface area (Å²) in [5.41, 5.74) is 7.11. The van der Waals surface area contributed by atoms with Crippen LogP contribution in [0, 0.1) is 10.1 Å². The SMILES string of the molecule is CCC(CC)(CN)Nc1cc2c(cc1[N+](=O)[O-])CC(=O)N2. The van der Waals surface area contributed by atoms with Crippen molar-refractivity contribution < 1.29 is 9.72 Å². The Morgan fingerprint density at radius 1 is 1.43 bits per heavy atom. The van der Waals surface area contributed by atoms with Gasteiger partial charge in [-0.1, -0.05) is 13.8 Å². The molecule has 1 aromatic carbocycles. The second kappa shape index (κ2) is 5.69. The van der Waals surface area contributed by atoms with Gasteiger partial charge in [-0.25, -0.2) is 0 Å². The highest BCUT2D eigenvalue weighted by Gasteiger charge is 2.30. The molecule has 0 atom stereocenters. The first kappa shape index (κ1) is 15.2. The summed E-state index contributed by atoms with van der Waals surface area (Å²) in [6, 6.07) is 3.09. The van der Waals surface area contributed by atoms with Crippen molar-refractivity contribution in [2.24, 2.45) is 5.73 Å². The molecule has 1 aromatic rings. The number of anilines is 2. The van der Waals surface area contributed by atoms with Gasteiger partial charge in [-0.05, 0) is 24.5 Å². The molecule has 0 saturated heterocycles. The van der Waals surface area contributed by atoms with Gasteiger partial charge in [-0.15, -0.1) is 0 Å². The normalized spacial score (nSPS) is 13.8. The molecular weight excluding hydrogens is 272 g/mol. The van der Waals surface area contributed by atoms with Gasteiger partial charge in [0.05, 0.1) is 11.3 Å². The number of nitro benzene ring substituents is 1. The number of carbonyl (C=O) groups is 1. The Balaban J connectivity index is 2.45. The zero-order valence-electron chi connectivity index (χ0n) is 12.2. The van der Waals surface area contributed by atoms with Crippen LogP contribution in [0.2, 0.25) is 0 Å². The van der Waals surface area contributed by atoms with Gasteiger partial charge in [0, 0.05) is 23.8 Å². The van der Waals surface area contributed by atoms with E-state index in [1.54, 1.807) is 6.07 Å². The Bertz CT molecular complexity index is 574. The van der Waals surface area contributed by atoms with Crippen LogP contribution in [0.1, 0.15) is 32.3 Å². The van der Waals surface area contributed by atoms with E-state index in [4.69, 9.17) is 5.73 Å². The van der Waals surface area contributed by atoms with Crippen LogP contribution in [0.25, 0.3) is 0 Å². The monoisotopic (exact) mass is 292 g/mol. The lowest BCUT2D eigenvalue weighted by Gasteiger charge is -2.32.